The van der Waals surface area contributed by atoms with Gasteiger partial charge in [-0.15, -0.1) is 0 Å². The highest BCUT2D eigenvalue weighted by molar-refractivity contribution is 6.01. The number of nitrogens with zero attached hydrogens (tertiary/aromatic N) is 4. The fraction of sp³-hybridized carbons (Fsp3) is 0.296. The molecule has 8 heteroatoms. The molecule has 35 heavy (non-hydrogen) atoms. The summed E-state index contributed by atoms with van der Waals surface area (Å²) in [7, 11) is 1.64. The molecule has 1 fully saturated rings. The number of aromatic nitrogens is 2. The van der Waals surface area contributed by atoms with Crippen LogP contribution in [-0.4, -0.2) is 48.9 Å². The highest BCUT2D eigenvalue weighted by atomic mass is 16.5. The first kappa shape index (κ1) is 24.0. The summed E-state index contributed by atoms with van der Waals surface area (Å²) in [6.45, 7) is 7.22. The predicted octanol–water partition coefficient (Wildman–Crippen LogP) is 3.56. The molecule has 1 aliphatic rings. The summed E-state index contributed by atoms with van der Waals surface area (Å²) in [4.78, 5) is 19.4. The van der Waals surface area contributed by atoms with Gasteiger partial charge >= 0.3 is 0 Å². The van der Waals surface area contributed by atoms with E-state index in [1.807, 2.05) is 62.4 Å². The monoisotopic (exact) mass is 471 g/mol. The molecule has 0 spiro atoms. The Kier molecular flexibility index (Phi) is 7.48. The second-order valence-electron chi connectivity index (χ2n) is 8.33. The van der Waals surface area contributed by atoms with Gasteiger partial charge in [-0.05, 0) is 73.5 Å². The first-order valence-electron chi connectivity index (χ1n) is 11.5. The molecule has 3 heterocycles. The van der Waals surface area contributed by atoms with Gasteiger partial charge in [-0.25, -0.2) is 4.98 Å². The minimum absolute atomic E-state index is 0.0578. The first-order valence-corrected chi connectivity index (χ1v) is 11.5. The molecule has 1 aromatic carbocycles. The molecule has 2 aromatic heterocycles. The predicted molar refractivity (Wildman–Crippen MR) is 135 cm³/mol. The average molecular weight is 472 g/mol. The van der Waals surface area contributed by atoms with E-state index < -0.39 is 5.91 Å². The number of aryl methyl sites for hydroxylation is 1. The number of anilines is 1. The van der Waals surface area contributed by atoms with Gasteiger partial charge in [-0.2, -0.15) is 5.26 Å². The third kappa shape index (κ3) is 5.53. The summed E-state index contributed by atoms with van der Waals surface area (Å²) in [6.07, 6.45) is 3.38. The molecule has 0 radical (unpaired) electrons. The molecule has 0 unspecified atom stereocenters. The van der Waals surface area contributed by atoms with E-state index in [0.717, 1.165) is 52.9 Å². The van der Waals surface area contributed by atoms with Crippen LogP contribution in [0.1, 0.15) is 22.5 Å². The van der Waals surface area contributed by atoms with Crippen molar-refractivity contribution in [3.8, 4) is 17.5 Å². The highest BCUT2D eigenvalue weighted by Crippen LogP contribution is 2.24. The fourth-order valence-electron chi connectivity index (χ4n) is 4.18. The molecule has 4 rings (SSSR count). The van der Waals surface area contributed by atoms with Crippen molar-refractivity contribution in [3.63, 3.8) is 0 Å². The fourth-order valence-corrected chi connectivity index (χ4v) is 4.18. The van der Waals surface area contributed by atoms with Gasteiger partial charge in [0, 0.05) is 42.9 Å². The normalized spacial score (nSPS) is 13.9. The summed E-state index contributed by atoms with van der Waals surface area (Å²) >= 11 is 0. The van der Waals surface area contributed by atoms with Gasteiger partial charge in [0.25, 0.3) is 5.91 Å². The maximum atomic E-state index is 12.8. The minimum atomic E-state index is -0.411. The molecule has 180 valence electrons. The number of nitriles is 1. The third-order valence-electron chi connectivity index (χ3n) is 6.06. The maximum absolute atomic E-state index is 12.8. The van der Waals surface area contributed by atoms with E-state index in [4.69, 9.17) is 9.47 Å². The molecule has 0 atom stereocenters. The van der Waals surface area contributed by atoms with Crippen molar-refractivity contribution in [2.24, 2.45) is 0 Å². The van der Waals surface area contributed by atoms with E-state index in [9.17, 15) is 10.1 Å². The first-order chi connectivity index (χ1) is 17.0. The summed E-state index contributed by atoms with van der Waals surface area (Å²) in [5.41, 5.74) is 4.73. The second-order valence-corrected chi connectivity index (χ2v) is 8.33. The Morgan fingerprint density at radius 3 is 2.63 bits per heavy atom. The number of methoxy groups -OCH3 is 1. The lowest BCUT2D eigenvalue weighted by atomic mass is 10.1. The van der Waals surface area contributed by atoms with E-state index in [-0.39, 0.29) is 5.57 Å². The van der Waals surface area contributed by atoms with Crippen molar-refractivity contribution < 1.29 is 14.3 Å². The number of amides is 1. The summed E-state index contributed by atoms with van der Waals surface area (Å²) < 4.78 is 12.7. The SMILES string of the molecule is COc1ccc(-n2c(C)cc(/C=C(\C#N)C(=O)NCc3ccnc(N4CCOCC4)c3)c2C)cc1. The van der Waals surface area contributed by atoms with Crippen LogP contribution in [0.4, 0.5) is 5.82 Å². The topological polar surface area (TPSA) is 92.4 Å². The van der Waals surface area contributed by atoms with Gasteiger partial charge in [0.05, 0.1) is 20.3 Å². The number of carbonyl (C=O) groups excluding carboxylic acids is 1. The molecular weight excluding hydrogens is 442 g/mol. The van der Waals surface area contributed by atoms with Crippen molar-refractivity contribution in [2.75, 3.05) is 38.3 Å². The van der Waals surface area contributed by atoms with Crippen molar-refractivity contribution >= 4 is 17.8 Å². The molecule has 1 amide bonds. The number of hydrogen-bond acceptors (Lipinski definition) is 6. The van der Waals surface area contributed by atoms with E-state index in [0.29, 0.717) is 19.8 Å². The van der Waals surface area contributed by atoms with Crippen LogP contribution in [0.5, 0.6) is 5.75 Å². The number of hydrogen-bond donors (Lipinski definition) is 1. The smallest absolute Gasteiger partial charge is 0.262 e. The van der Waals surface area contributed by atoms with Gasteiger partial charge in [-0.1, -0.05) is 0 Å². The van der Waals surface area contributed by atoms with Gasteiger partial charge in [0.15, 0.2) is 0 Å². The molecule has 1 aliphatic heterocycles. The lowest BCUT2D eigenvalue weighted by molar-refractivity contribution is -0.117. The second kappa shape index (κ2) is 10.9. The third-order valence-corrected chi connectivity index (χ3v) is 6.06. The van der Waals surface area contributed by atoms with Crippen molar-refractivity contribution in [3.05, 3.63) is 76.7 Å². The number of nitrogens with one attached hydrogen (secondary N) is 1. The zero-order valence-electron chi connectivity index (χ0n) is 20.2. The molecule has 3 aromatic rings. The summed E-state index contributed by atoms with van der Waals surface area (Å²) in [5.74, 6) is 1.24. The Morgan fingerprint density at radius 2 is 1.94 bits per heavy atom. The molecular formula is C27H29N5O3. The standard InChI is InChI=1S/C27H29N5O3/c1-19-14-22(20(2)32(19)24-4-6-25(34-3)7-5-24)16-23(17-28)27(33)30-18-21-8-9-29-26(15-21)31-10-12-35-13-11-31/h4-9,14-16H,10-13,18H2,1-3H3,(H,30,33)/b23-16+. The van der Waals surface area contributed by atoms with Gasteiger partial charge in [0.1, 0.15) is 23.2 Å². The maximum Gasteiger partial charge on any atom is 0.262 e. The number of ether oxygens (including phenoxy) is 2. The van der Waals surface area contributed by atoms with Crippen LogP contribution < -0.4 is 15.0 Å². The summed E-state index contributed by atoms with van der Waals surface area (Å²) in [5, 5.41) is 12.5. The average Bonchev–Trinajstić information content (AvgIpc) is 3.18. The Bertz CT molecular complexity index is 1260. The number of benzene rings is 1. The van der Waals surface area contributed by atoms with Crippen LogP contribution in [-0.2, 0) is 16.1 Å². The number of rotatable bonds is 7. The molecule has 0 saturated carbocycles. The van der Waals surface area contributed by atoms with Crippen molar-refractivity contribution in [2.45, 2.75) is 20.4 Å². The largest absolute Gasteiger partial charge is 0.497 e. The number of pyridine rings is 1. The zero-order valence-corrected chi connectivity index (χ0v) is 20.2. The van der Waals surface area contributed by atoms with Crippen LogP contribution in [0.25, 0.3) is 11.8 Å². The number of carbonyl (C=O) groups is 1. The van der Waals surface area contributed by atoms with Gasteiger partial charge < -0.3 is 24.3 Å². The molecule has 0 bridgehead atoms. The molecule has 0 aliphatic carbocycles. The molecule has 1 N–H and O–H groups in total. The van der Waals surface area contributed by atoms with Crippen LogP contribution in [0.15, 0.2) is 54.2 Å². The Balaban J connectivity index is 1.48. The zero-order chi connectivity index (χ0) is 24.8. The lowest BCUT2D eigenvalue weighted by Gasteiger charge is -2.28. The Labute approximate surface area is 205 Å². The van der Waals surface area contributed by atoms with Crippen molar-refractivity contribution in [1.29, 1.82) is 5.26 Å². The van der Waals surface area contributed by atoms with E-state index in [1.54, 1.807) is 19.4 Å². The Hall–Kier alpha value is -4.09. The summed E-state index contributed by atoms with van der Waals surface area (Å²) in [6, 6.07) is 15.6. The highest BCUT2D eigenvalue weighted by Gasteiger charge is 2.15. The Morgan fingerprint density at radius 1 is 1.20 bits per heavy atom. The molecule has 8 nitrogen and oxygen atoms in total. The van der Waals surface area contributed by atoms with Crippen LogP contribution in [0, 0.1) is 25.2 Å². The van der Waals surface area contributed by atoms with E-state index in [2.05, 4.69) is 19.8 Å². The van der Waals surface area contributed by atoms with Crippen molar-refractivity contribution in [1.82, 2.24) is 14.9 Å². The number of morpholine rings is 1. The lowest BCUT2D eigenvalue weighted by Crippen LogP contribution is -2.36. The molecule has 1 saturated heterocycles. The minimum Gasteiger partial charge on any atom is -0.497 e. The van der Waals surface area contributed by atoms with Crippen LogP contribution in [0.3, 0.4) is 0 Å². The quantitative estimate of drug-likeness (QED) is 0.418. The van der Waals surface area contributed by atoms with E-state index in [1.165, 1.54) is 0 Å². The van der Waals surface area contributed by atoms with Gasteiger partial charge in [0.2, 0.25) is 0 Å². The van der Waals surface area contributed by atoms with E-state index >= 15 is 0 Å². The van der Waals surface area contributed by atoms with Gasteiger partial charge in [-0.3, -0.25) is 4.79 Å². The van der Waals surface area contributed by atoms with Crippen LogP contribution >= 0.6 is 0 Å². The van der Waals surface area contributed by atoms with Crippen LogP contribution in [0.2, 0.25) is 0 Å².